The van der Waals surface area contributed by atoms with Crippen LogP contribution in [-0.2, 0) is 16.0 Å². The minimum atomic E-state index is -0.920. The van der Waals surface area contributed by atoms with Crippen LogP contribution in [0.5, 0.6) is 0 Å². The third kappa shape index (κ3) is 5.03. The van der Waals surface area contributed by atoms with Gasteiger partial charge in [0.1, 0.15) is 6.04 Å². The van der Waals surface area contributed by atoms with Crippen LogP contribution in [0.3, 0.4) is 0 Å². The Morgan fingerprint density at radius 2 is 1.55 bits per heavy atom. The second-order valence-electron chi connectivity index (χ2n) is 7.81. The Morgan fingerprint density at radius 3 is 2.26 bits per heavy atom. The van der Waals surface area contributed by atoms with Gasteiger partial charge in [-0.2, -0.15) is 0 Å². The van der Waals surface area contributed by atoms with Crippen LogP contribution in [0.1, 0.15) is 5.56 Å². The molecule has 1 fully saturated rings. The molecule has 1 saturated heterocycles. The Bertz CT molecular complexity index is 1050. The number of para-hydroxylation sites is 1. The van der Waals surface area contributed by atoms with Crippen LogP contribution in [-0.4, -0.2) is 60.6 Å². The number of nitrogens with one attached hydrogen (secondary N) is 1. The molecule has 4 rings (SSSR count). The number of benzene rings is 3. The molecule has 0 aromatic heterocycles. The van der Waals surface area contributed by atoms with Gasteiger partial charge in [0.2, 0.25) is 11.8 Å². The molecular formula is C25H27N3O3. The molecule has 3 aromatic rings. The molecular weight excluding hydrogens is 390 g/mol. The summed E-state index contributed by atoms with van der Waals surface area (Å²) in [6.07, 6.45) is 0.163. The molecule has 0 bridgehead atoms. The molecule has 1 unspecified atom stereocenters. The molecule has 6 heteroatoms. The molecule has 0 aliphatic carbocycles. The van der Waals surface area contributed by atoms with Gasteiger partial charge in [0.25, 0.3) is 0 Å². The predicted molar refractivity (Wildman–Crippen MR) is 122 cm³/mol. The number of fused-ring (bicyclic) bond motifs is 1. The Kier molecular flexibility index (Phi) is 6.48. The van der Waals surface area contributed by atoms with Crippen molar-refractivity contribution in [3.63, 3.8) is 0 Å². The summed E-state index contributed by atoms with van der Waals surface area (Å²) in [7, 11) is 0. The number of carbonyl (C=O) groups excluding carboxylic acids is 2. The van der Waals surface area contributed by atoms with Gasteiger partial charge < -0.3 is 20.2 Å². The van der Waals surface area contributed by atoms with E-state index in [1.165, 1.54) is 0 Å². The molecule has 0 saturated carbocycles. The van der Waals surface area contributed by atoms with Gasteiger partial charge in [-0.1, -0.05) is 60.7 Å². The maximum absolute atomic E-state index is 12.9. The molecule has 1 aliphatic rings. The summed E-state index contributed by atoms with van der Waals surface area (Å²) < 4.78 is 0. The highest BCUT2D eigenvalue weighted by Gasteiger charge is 2.28. The van der Waals surface area contributed by atoms with Crippen LogP contribution in [0.25, 0.3) is 10.8 Å². The van der Waals surface area contributed by atoms with E-state index >= 15 is 0 Å². The van der Waals surface area contributed by atoms with Crippen LogP contribution >= 0.6 is 0 Å². The zero-order valence-corrected chi connectivity index (χ0v) is 17.4. The molecule has 0 spiro atoms. The number of nitrogens with zero attached hydrogens (tertiary/aromatic N) is 2. The SMILES string of the molecule is O=C(Cc1ccc2ccccc2c1)NC(CO)C(=O)N1CCN(c2ccccc2)CC1. The molecule has 1 aliphatic heterocycles. The highest BCUT2D eigenvalue weighted by molar-refractivity contribution is 5.89. The summed E-state index contributed by atoms with van der Waals surface area (Å²) in [6.45, 7) is 2.15. The van der Waals surface area contributed by atoms with Crippen molar-refractivity contribution in [1.29, 1.82) is 0 Å². The first-order valence-corrected chi connectivity index (χ1v) is 10.6. The van der Waals surface area contributed by atoms with Crippen LogP contribution < -0.4 is 10.2 Å². The number of hydrogen-bond acceptors (Lipinski definition) is 4. The van der Waals surface area contributed by atoms with Gasteiger partial charge in [-0.3, -0.25) is 9.59 Å². The van der Waals surface area contributed by atoms with E-state index in [-0.39, 0.29) is 18.2 Å². The standard InChI is InChI=1S/C25H27N3O3/c29-18-23(25(31)28-14-12-27(13-15-28)22-8-2-1-3-9-22)26-24(30)17-19-10-11-20-6-4-5-7-21(20)16-19/h1-11,16,23,29H,12-15,17-18H2,(H,26,30). The minimum absolute atomic E-state index is 0.163. The maximum atomic E-state index is 12.9. The number of piperazine rings is 1. The van der Waals surface area contributed by atoms with E-state index in [1.807, 2.05) is 60.7 Å². The Hall–Kier alpha value is -3.38. The van der Waals surface area contributed by atoms with E-state index in [2.05, 4.69) is 22.3 Å². The van der Waals surface area contributed by atoms with Crippen LogP contribution in [0, 0.1) is 0 Å². The van der Waals surface area contributed by atoms with E-state index in [0.717, 1.165) is 35.1 Å². The predicted octanol–water partition coefficient (Wildman–Crippen LogP) is 2.21. The summed E-state index contributed by atoms with van der Waals surface area (Å²) >= 11 is 0. The summed E-state index contributed by atoms with van der Waals surface area (Å²) in [5, 5.41) is 14.6. The lowest BCUT2D eigenvalue weighted by Crippen LogP contribution is -2.56. The fraction of sp³-hybridized carbons (Fsp3) is 0.280. The highest BCUT2D eigenvalue weighted by Crippen LogP contribution is 2.17. The second kappa shape index (κ2) is 9.62. The average molecular weight is 418 g/mol. The van der Waals surface area contributed by atoms with Gasteiger partial charge in [0.05, 0.1) is 13.0 Å². The van der Waals surface area contributed by atoms with E-state index in [0.29, 0.717) is 13.1 Å². The quantitative estimate of drug-likeness (QED) is 0.645. The van der Waals surface area contributed by atoms with Crippen molar-refractivity contribution in [1.82, 2.24) is 10.2 Å². The van der Waals surface area contributed by atoms with Crippen molar-refractivity contribution in [2.75, 3.05) is 37.7 Å². The van der Waals surface area contributed by atoms with Gasteiger partial charge in [0.15, 0.2) is 0 Å². The first kappa shape index (κ1) is 20.9. The highest BCUT2D eigenvalue weighted by atomic mass is 16.3. The summed E-state index contributed by atoms with van der Waals surface area (Å²) in [6, 6.07) is 23.0. The zero-order valence-electron chi connectivity index (χ0n) is 17.4. The molecule has 3 aromatic carbocycles. The van der Waals surface area contributed by atoms with E-state index < -0.39 is 12.6 Å². The fourth-order valence-electron chi connectivity index (χ4n) is 4.01. The normalized spacial score (nSPS) is 15.0. The lowest BCUT2D eigenvalue weighted by atomic mass is 10.0. The van der Waals surface area contributed by atoms with Gasteiger partial charge in [-0.15, -0.1) is 0 Å². The van der Waals surface area contributed by atoms with Crippen molar-refractivity contribution in [2.45, 2.75) is 12.5 Å². The Labute approximate surface area is 182 Å². The molecule has 1 atom stereocenters. The maximum Gasteiger partial charge on any atom is 0.247 e. The largest absolute Gasteiger partial charge is 0.394 e. The van der Waals surface area contributed by atoms with Gasteiger partial charge in [-0.25, -0.2) is 0 Å². The number of anilines is 1. The number of hydrogen-bond donors (Lipinski definition) is 2. The average Bonchev–Trinajstić information content (AvgIpc) is 2.82. The number of rotatable bonds is 6. The van der Waals surface area contributed by atoms with Crippen molar-refractivity contribution >= 4 is 28.3 Å². The molecule has 160 valence electrons. The third-order valence-corrected chi connectivity index (χ3v) is 5.71. The van der Waals surface area contributed by atoms with E-state index in [9.17, 15) is 14.7 Å². The van der Waals surface area contributed by atoms with Gasteiger partial charge in [0, 0.05) is 31.9 Å². The topological polar surface area (TPSA) is 72.9 Å². The summed E-state index contributed by atoms with van der Waals surface area (Å²) in [5.41, 5.74) is 2.01. The lowest BCUT2D eigenvalue weighted by molar-refractivity contribution is -0.137. The van der Waals surface area contributed by atoms with Crippen molar-refractivity contribution in [3.05, 3.63) is 78.4 Å². The van der Waals surface area contributed by atoms with Crippen LogP contribution in [0.15, 0.2) is 72.8 Å². The second-order valence-corrected chi connectivity index (χ2v) is 7.81. The lowest BCUT2D eigenvalue weighted by Gasteiger charge is -2.37. The van der Waals surface area contributed by atoms with E-state index in [1.54, 1.807) is 4.90 Å². The monoisotopic (exact) mass is 417 g/mol. The first-order valence-electron chi connectivity index (χ1n) is 10.6. The number of aliphatic hydroxyl groups is 1. The molecule has 31 heavy (non-hydrogen) atoms. The Morgan fingerprint density at radius 1 is 0.871 bits per heavy atom. The molecule has 6 nitrogen and oxygen atoms in total. The number of aliphatic hydroxyl groups excluding tert-OH is 1. The zero-order chi connectivity index (χ0) is 21.6. The van der Waals surface area contributed by atoms with Crippen molar-refractivity contribution in [2.24, 2.45) is 0 Å². The van der Waals surface area contributed by atoms with Crippen molar-refractivity contribution in [3.8, 4) is 0 Å². The number of amides is 2. The minimum Gasteiger partial charge on any atom is -0.394 e. The molecule has 1 heterocycles. The molecule has 2 N–H and O–H groups in total. The fourth-order valence-corrected chi connectivity index (χ4v) is 4.01. The molecule has 0 radical (unpaired) electrons. The number of carbonyl (C=O) groups is 2. The Balaban J connectivity index is 1.32. The van der Waals surface area contributed by atoms with Crippen molar-refractivity contribution < 1.29 is 14.7 Å². The van der Waals surface area contributed by atoms with Gasteiger partial charge >= 0.3 is 0 Å². The molecule has 2 amide bonds. The third-order valence-electron chi connectivity index (χ3n) is 5.71. The summed E-state index contributed by atoms with van der Waals surface area (Å²) in [4.78, 5) is 29.4. The van der Waals surface area contributed by atoms with Crippen LogP contribution in [0.4, 0.5) is 5.69 Å². The summed E-state index contributed by atoms with van der Waals surface area (Å²) in [5.74, 6) is -0.507. The first-order chi connectivity index (χ1) is 15.1. The van der Waals surface area contributed by atoms with Gasteiger partial charge in [-0.05, 0) is 28.5 Å². The smallest absolute Gasteiger partial charge is 0.247 e. The van der Waals surface area contributed by atoms with Crippen LogP contribution in [0.2, 0.25) is 0 Å². The van der Waals surface area contributed by atoms with E-state index in [4.69, 9.17) is 0 Å².